The topological polar surface area (TPSA) is 73.2 Å². The molecule has 0 aliphatic carbocycles. The Morgan fingerprint density at radius 2 is 1.83 bits per heavy atom. The molecule has 0 bridgehead atoms. The number of carbonyl (C=O) groups excluding carboxylic acids is 2. The predicted molar refractivity (Wildman–Crippen MR) is 112 cm³/mol. The molecule has 0 aliphatic heterocycles. The van der Waals surface area contributed by atoms with Gasteiger partial charge in [0.05, 0.1) is 28.6 Å². The zero-order chi connectivity index (χ0) is 21.0. The third-order valence-electron chi connectivity index (χ3n) is 4.49. The van der Waals surface area contributed by atoms with E-state index in [0.717, 1.165) is 11.1 Å². The van der Waals surface area contributed by atoms with Crippen LogP contribution in [0.1, 0.15) is 32.9 Å². The molecule has 0 radical (unpaired) electrons. The number of benzene rings is 2. The first kappa shape index (κ1) is 20.6. The molecule has 6 nitrogen and oxygen atoms in total. The highest BCUT2D eigenvalue weighted by Gasteiger charge is 2.21. The average Bonchev–Trinajstić information content (AvgIpc) is 2.96. The zero-order valence-corrected chi connectivity index (χ0v) is 17.3. The van der Waals surface area contributed by atoms with Crippen molar-refractivity contribution in [3.63, 3.8) is 0 Å². The number of carbonyl (C=O) groups is 2. The first-order valence-electron chi connectivity index (χ1n) is 9.16. The first-order chi connectivity index (χ1) is 13.8. The smallest absolute Gasteiger partial charge is 0.342 e. The van der Waals surface area contributed by atoms with Crippen molar-refractivity contribution in [1.29, 1.82) is 0 Å². The molecule has 0 spiro atoms. The van der Waals surface area contributed by atoms with Gasteiger partial charge in [-0.3, -0.25) is 9.48 Å². The van der Waals surface area contributed by atoms with Gasteiger partial charge in [0.1, 0.15) is 5.56 Å². The van der Waals surface area contributed by atoms with Gasteiger partial charge in [-0.1, -0.05) is 48.0 Å². The van der Waals surface area contributed by atoms with E-state index in [1.54, 1.807) is 23.7 Å². The standard InChI is InChI=1S/C22H22ClN3O3/c1-14-9-10-19(18(23)11-14)24-20(27)13-29-22(28)21-15(2)25-26(16(21)3)12-17-7-5-4-6-8-17/h4-11H,12-13H2,1-3H3,(H,24,27). The number of aromatic nitrogens is 2. The van der Waals surface area contributed by atoms with Crippen LogP contribution in [0.15, 0.2) is 48.5 Å². The van der Waals surface area contributed by atoms with Crippen LogP contribution in [0.2, 0.25) is 5.02 Å². The van der Waals surface area contributed by atoms with E-state index in [1.807, 2.05) is 50.2 Å². The molecule has 150 valence electrons. The molecule has 1 N–H and O–H groups in total. The molecule has 0 atom stereocenters. The van der Waals surface area contributed by atoms with Crippen LogP contribution in [0.25, 0.3) is 0 Å². The molecule has 2 aromatic carbocycles. The van der Waals surface area contributed by atoms with Crippen LogP contribution in [0.4, 0.5) is 5.69 Å². The maximum atomic E-state index is 12.5. The molecule has 1 aromatic heterocycles. The zero-order valence-electron chi connectivity index (χ0n) is 16.5. The van der Waals surface area contributed by atoms with Gasteiger partial charge in [0.15, 0.2) is 6.61 Å². The van der Waals surface area contributed by atoms with Crippen molar-refractivity contribution < 1.29 is 14.3 Å². The van der Waals surface area contributed by atoms with E-state index >= 15 is 0 Å². The molecule has 7 heteroatoms. The summed E-state index contributed by atoms with van der Waals surface area (Å²) in [5.41, 5.74) is 4.16. The van der Waals surface area contributed by atoms with Crippen LogP contribution >= 0.6 is 11.6 Å². The highest BCUT2D eigenvalue weighted by Crippen LogP contribution is 2.22. The molecule has 0 aliphatic rings. The normalized spacial score (nSPS) is 10.6. The van der Waals surface area contributed by atoms with Crippen molar-refractivity contribution in [2.24, 2.45) is 0 Å². The van der Waals surface area contributed by atoms with Crippen LogP contribution in [0.3, 0.4) is 0 Å². The van der Waals surface area contributed by atoms with E-state index < -0.39 is 18.5 Å². The Bertz CT molecular complexity index is 1040. The van der Waals surface area contributed by atoms with Gasteiger partial charge in [-0.05, 0) is 44.0 Å². The largest absolute Gasteiger partial charge is 0.452 e. The van der Waals surface area contributed by atoms with E-state index in [0.29, 0.717) is 34.2 Å². The summed E-state index contributed by atoms with van der Waals surface area (Å²) in [6.07, 6.45) is 0. The fourth-order valence-corrected chi connectivity index (χ4v) is 3.30. The quantitative estimate of drug-likeness (QED) is 0.613. The van der Waals surface area contributed by atoms with Gasteiger partial charge >= 0.3 is 5.97 Å². The van der Waals surface area contributed by atoms with Gasteiger partial charge in [0.2, 0.25) is 0 Å². The first-order valence-corrected chi connectivity index (χ1v) is 9.54. The van der Waals surface area contributed by atoms with Crippen LogP contribution < -0.4 is 5.32 Å². The minimum Gasteiger partial charge on any atom is -0.452 e. The van der Waals surface area contributed by atoms with Crippen LogP contribution in [-0.4, -0.2) is 28.3 Å². The second-order valence-corrected chi connectivity index (χ2v) is 7.20. The molecule has 1 amide bonds. The number of hydrogen-bond acceptors (Lipinski definition) is 4. The molecule has 3 aromatic rings. The summed E-state index contributed by atoms with van der Waals surface area (Å²) in [6.45, 7) is 5.60. The van der Waals surface area contributed by atoms with Gasteiger partial charge in [-0.25, -0.2) is 4.79 Å². The van der Waals surface area contributed by atoms with E-state index in [4.69, 9.17) is 16.3 Å². The second kappa shape index (κ2) is 8.92. The molecule has 3 rings (SSSR count). The Morgan fingerprint density at radius 3 is 2.52 bits per heavy atom. The SMILES string of the molecule is Cc1ccc(NC(=O)COC(=O)c2c(C)nn(Cc3ccccc3)c2C)c(Cl)c1. The lowest BCUT2D eigenvalue weighted by Crippen LogP contribution is -2.21. The summed E-state index contributed by atoms with van der Waals surface area (Å²) in [4.78, 5) is 24.7. The number of hydrogen-bond donors (Lipinski definition) is 1. The molecule has 29 heavy (non-hydrogen) atoms. The number of aryl methyl sites for hydroxylation is 2. The van der Waals surface area contributed by atoms with Crippen molar-refractivity contribution in [1.82, 2.24) is 9.78 Å². The third-order valence-corrected chi connectivity index (χ3v) is 4.81. The van der Waals surface area contributed by atoms with Gasteiger partial charge < -0.3 is 10.1 Å². The Labute approximate surface area is 174 Å². The minimum atomic E-state index is -0.579. The number of anilines is 1. The number of nitrogens with one attached hydrogen (secondary N) is 1. The van der Waals surface area contributed by atoms with Crippen molar-refractivity contribution in [2.75, 3.05) is 11.9 Å². The minimum absolute atomic E-state index is 0.377. The van der Waals surface area contributed by atoms with Crippen molar-refractivity contribution in [3.8, 4) is 0 Å². The Hall–Kier alpha value is -3.12. The lowest BCUT2D eigenvalue weighted by atomic mass is 10.2. The third kappa shape index (κ3) is 5.03. The number of rotatable bonds is 6. The van der Waals surface area contributed by atoms with Gasteiger partial charge in [-0.2, -0.15) is 5.10 Å². The highest BCUT2D eigenvalue weighted by molar-refractivity contribution is 6.33. The number of esters is 1. The number of ether oxygens (including phenoxy) is 1. The summed E-state index contributed by atoms with van der Waals surface area (Å²) in [7, 11) is 0. The lowest BCUT2D eigenvalue weighted by Gasteiger charge is -2.09. The summed E-state index contributed by atoms with van der Waals surface area (Å²) in [5, 5.41) is 7.51. The fourth-order valence-electron chi connectivity index (χ4n) is 3.01. The molecular weight excluding hydrogens is 390 g/mol. The Balaban J connectivity index is 1.64. The number of amides is 1. The second-order valence-electron chi connectivity index (χ2n) is 6.80. The summed E-state index contributed by atoms with van der Waals surface area (Å²) >= 11 is 6.11. The fraction of sp³-hybridized carbons (Fsp3) is 0.227. The van der Waals surface area contributed by atoms with Crippen LogP contribution in [-0.2, 0) is 16.1 Å². The molecular formula is C22H22ClN3O3. The summed E-state index contributed by atoms with van der Waals surface area (Å²) in [5.74, 6) is -1.04. The number of halogens is 1. The molecule has 0 saturated heterocycles. The Kier molecular flexibility index (Phi) is 6.34. The van der Waals surface area contributed by atoms with Crippen LogP contribution in [0, 0.1) is 20.8 Å². The monoisotopic (exact) mass is 411 g/mol. The maximum Gasteiger partial charge on any atom is 0.342 e. The molecule has 1 heterocycles. The van der Waals surface area contributed by atoms with Gasteiger partial charge in [-0.15, -0.1) is 0 Å². The average molecular weight is 412 g/mol. The lowest BCUT2D eigenvalue weighted by molar-refractivity contribution is -0.119. The van der Waals surface area contributed by atoms with E-state index in [1.165, 1.54) is 0 Å². The summed E-state index contributed by atoms with van der Waals surface area (Å²) in [6, 6.07) is 15.1. The molecule has 0 saturated carbocycles. The van der Waals surface area contributed by atoms with Crippen molar-refractivity contribution in [2.45, 2.75) is 27.3 Å². The van der Waals surface area contributed by atoms with Crippen molar-refractivity contribution in [3.05, 3.63) is 81.6 Å². The highest BCUT2D eigenvalue weighted by atomic mass is 35.5. The van der Waals surface area contributed by atoms with E-state index in [-0.39, 0.29) is 0 Å². The Morgan fingerprint density at radius 1 is 1.10 bits per heavy atom. The molecule has 0 unspecified atom stereocenters. The molecule has 0 fully saturated rings. The maximum absolute atomic E-state index is 12.5. The van der Waals surface area contributed by atoms with Gasteiger partial charge in [0, 0.05) is 0 Å². The van der Waals surface area contributed by atoms with E-state index in [9.17, 15) is 9.59 Å². The van der Waals surface area contributed by atoms with Crippen LogP contribution in [0.5, 0.6) is 0 Å². The van der Waals surface area contributed by atoms with Crippen molar-refractivity contribution >= 4 is 29.2 Å². The van der Waals surface area contributed by atoms with Gasteiger partial charge in [0.25, 0.3) is 5.91 Å². The predicted octanol–water partition coefficient (Wildman–Crippen LogP) is 4.31. The summed E-state index contributed by atoms with van der Waals surface area (Å²) < 4.78 is 6.96. The number of nitrogens with zero attached hydrogens (tertiary/aromatic N) is 2. The van der Waals surface area contributed by atoms with E-state index in [2.05, 4.69) is 10.4 Å².